The van der Waals surface area contributed by atoms with Gasteiger partial charge >= 0.3 is 5.00 Å². The van der Waals surface area contributed by atoms with Crippen molar-refractivity contribution in [1.29, 1.82) is 0 Å². The van der Waals surface area contributed by atoms with Crippen molar-refractivity contribution in [1.82, 2.24) is 9.88 Å². The zero-order chi connectivity index (χ0) is 22.0. The van der Waals surface area contributed by atoms with E-state index in [0.29, 0.717) is 16.6 Å². The highest BCUT2D eigenvalue weighted by molar-refractivity contribution is 7.22. The Balaban J connectivity index is 1.60. The van der Waals surface area contributed by atoms with Crippen molar-refractivity contribution in [3.63, 3.8) is 0 Å². The third kappa shape index (κ3) is 4.93. The molecule has 1 aromatic carbocycles. The lowest BCUT2D eigenvalue weighted by Crippen LogP contribution is -2.39. The Kier molecular flexibility index (Phi) is 6.61. The second kappa shape index (κ2) is 9.39. The lowest BCUT2D eigenvalue weighted by Gasteiger charge is -2.27. The quantitative estimate of drug-likeness (QED) is 0.387. The summed E-state index contributed by atoms with van der Waals surface area (Å²) in [7, 11) is 0. The van der Waals surface area contributed by atoms with Crippen LogP contribution in [0.2, 0.25) is 0 Å². The molecule has 31 heavy (non-hydrogen) atoms. The molecule has 3 heterocycles. The molecule has 1 fully saturated rings. The van der Waals surface area contributed by atoms with E-state index in [-0.39, 0.29) is 10.9 Å². The van der Waals surface area contributed by atoms with Gasteiger partial charge in [-0.15, -0.1) is 0 Å². The van der Waals surface area contributed by atoms with Gasteiger partial charge in [0.2, 0.25) is 0 Å². The Morgan fingerprint density at radius 2 is 2.03 bits per heavy atom. The van der Waals surface area contributed by atoms with E-state index in [0.717, 1.165) is 71.9 Å². The fourth-order valence-electron chi connectivity index (χ4n) is 3.72. The maximum Gasteiger partial charge on any atom is 0.324 e. The van der Waals surface area contributed by atoms with Crippen LogP contribution < -0.4 is 4.90 Å². The Bertz CT molecular complexity index is 1100. The number of nitro groups is 1. The number of carbonyl (C=O) groups excluding carboxylic acids is 1. The minimum absolute atomic E-state index is 0.0348. The normalized spacial score (nSPS) is 14.8. The Hall–Kier alpha value is -2.40. The Morgan fingerprint density at radius 1 is 1.26 bits per heavy atom. The molecule has 0 atom stereocenters. The molecule has 1 aliphatic heterocycles. The lowest BCUT2D eigenvalue weighted by atomic mass is 10.1. The van der Waals surface area contributed by atoms with Crippen LogP contribution >= 0.6 is 22.7 Å². The van der Waals surface area contributed by atoms with Crippen LogP contribution in [-0.4, -0.2) is 60.1 Å². The molecule has 0 saturated carbocycles. The van der Waals surface area contributed by atoms with Crippen LogP contribution in [0.15, 0.2) is 24.3 Å². The third-order valence-electron chi connectivity index (χ3n) is 5.23. The van der Waals surface area contributed by atoms with Crippen molar-refractivity contribution < 1.29 is 14.5 Å². The summed E-state index contributed by atoms with van der Waals surface area (Å²) in [5, 5.41) is 11.7. The summed E-state index contributed by atoms with van der Waals surface area (Å²) in [6, 6.07) is 7.05. The minimum Gasteiger partial charge on any atom is -0.379 e. The van der Waals surface area contributed by atoms with Gasteiger partial charge in [-0.05, 0) is 43.5 Å². The molecule has 164 valence electrons. The molecule has 2 aromatic heterocycles. The zero-order valence-corrected chi connectivity index (χ0v) is 19.1. The summed E-state index contributed by atoms with van der Waals surface area (Å²) >= 11 is 2.40. The van der Waals surface area contributed by atoms with Gasteiger partial charge in [0.05, 0.1) is 33.2 Å². The molecular formula is C21H24N4O4S2. The summed E-state index contributed by atoms with van der Waals surface area (Å²) in [6.45, 7) is 8.69. The standard InChI is InChI=1S/C21H24N4O4S2/c1-14-12-15(2)19-16(13-14)22-21(31-19)24(7-3-6-23-8-10-29-11-9-23)20(26)17-4-5-18(30-17)25(27)28/h4-5,12-13H,3,6-11H2,1-2H3. The van der Waals surface area contributed by atoms with Crippen molar-refractivity contribution in [2.75, 3.05) is 44.3 Å². The number of rotatable bonds is 7. The molecule has 0 radical (unpaired) electrons. The minimum atomic E-state index is -0.464. The number of aromatic nitrogens is 1. The molecule has 1 aliphatic rings. The second-order valence-electron chi connectivity index (χ2n) is 7.59. The van der Waals surface area contributed by atoms with E-state index >= 15 is 0 Å². The molecule has 0 N–H and O–H groups in total. The molecule has 3 aromatic rings. The highest BCUT2D eigenvalue weighted by atomic mass is 32.1. The predicted molar refractivity (Wildman–Crippen MR) is 124 cm³/mol. The van der Waals surface area contributed by atoms with Gasteiger partial charge in [-0.3, -0.25) is 24.7 Å². The molecule has 0 bridgehead atoms. The Morgan fingerprint density at radius 3 is 2.74 bits per heavy atom. The van der Waals surface area contributed by atoms with Crippen molar-refractivity contribution in [3.8, 4) is 0 Å². The van der Waals surface area contributed by atoms with E-state index in [1.807, 2.05) is 19.9 Å². The molecule has 0 spiro atoms. The van der Waals surface area contributed by atoms with Crippen LogP contribution in [-0.2, 0) is 4.74 Å². The van der Waals surface area contributed by atoms with Crippen molar-refractivity contribution in [2.45, 2.75) is 20.3 Å². The van der Waals surface area contributed by atoms with Crippen LogP contribution in [0.3, 0.4) is 0 Å². The SMILES string of the molecule is Cc1cc(C)c2sc(N(CCCN3CCOCC3)C(=O)c3ccc([N+](=O)[O-])s3)nc2c1. The number of benzene rings is 1. The smallest absolute Gasteiger partial charge is 0.324 e. The maximum atomic E-state index is 13.3. The van der Waals surface area contributed by atoms with Crippen LogP contribution in [0, 0.1) is 24.0 Å². The first-order valence-corrected chi connectivity index (χ1v) is 11.8. The molecule has 4 rings (SSSR count). The first kappa shape index (κ1) is 21.8. The maximum absolute atomic E-state index is 13.3. The molecular weight excluding hydrogens is 436 g/mol. The molecule has 1 saturated heterocycles. The van der Waals surface area contributed by atoms with E-state index in [2.05, 4.69) is 11.0 Å². The highest BCUT2D eigenvalue weighted by Crippen LogP contribution is 2.34. The highest BCUT2D eigenvalue weighted by Gasteiger charge is 2.25. The van der Waals surface area contributed by atoms with Gasteiger partial charge in [0.1, 0.15) is 0 Å². The topological polar surface area (TPSA) is 88.8 Å². The van der Waals surface area contributed by atoms with E-state index in [1.54, 1.807) is 4.90 Å². The number of thiazole rings is 1. The van der Waals surface area contributed by atoms with Crippen molar-refractivity contribution in [2.24, 2.45) is 0 Å². The number of carbonyl (C=O) groups is 1. The van der Waals surface area contributed by atoms with Gasteiger partial charge in [0.25, 0.3) is 5.91 Å². The number of fused-ring (bicyclic) bond motifs is 1. The lowest BCUT2D eigenvalue weighted by molar-refractivity contribution is -0.380. The van der Waals surface area contributed by atoms with Crippen molar-refractivity contribution >= 4 is 48.9 Å². The summed E-state index contributed by atoms with van der Waals surface area (Å²) < 4.78 is 6.46. The number of aryl methyl sites for hydroxylation is 2. The largest absolute Gasteiger partial charge is 0.379 e. The van der Waals surface area contributed by atoms with Crippen LogP contribution in [0.25, 0.3) is 10.2 Å². The molecule has 1 amide bonds. The van der Waals surface area contributed by atoms with Crippen LogP contribution in [0.1, 0.15) is 27.2 Å². The van der Waals surface area contributed by atoms with E-state index in [4.69, 9.17) is 9.72 Å². The van der Waals surface area contributed by atoms with Crippen LogP contribution in [0.5, 0.6) is 0 Å². The zero-order valence-electron chi connectivity index (χ0n) is 17.5. The average Bonchev–Trinajstić information content (AvgIpc) is 3.39. The van der Waals surface area contributed by atoms with Crippen molar-refractivity contribution in [3.05, 3.63) is 50.4 Å². The fourth-order valence-corrected chi connectivity index (χ4v) is 5.52. The van der Waals surface area contributed by atoms with E-state index in [9.17, 15) is 14.9 Å². The number of nitrogens with zero attached hydrogens (tertiary/aromatic N) is 4. The summed E-state index contributed by atoms with van der Waals surface area (Å²) in [5.41, 5.74) is 3.13. The third-order valence-corrected chi connectivity index (χ3v) is 7.48. The van der Waals surface area contributed by atoms with Crippen LogP contribution in [0.4, 0.5) is 10.1 Å². The summed E-state index contributed by atoms with van der Waals surface area (Å²) in [5.74, 6) is -0.242. The summed E-state index contributed by atoms with van der Waals surface area (Å²) in [4.78, 5) is 33.1. The van der Waals surface area contributed by atoms with Gasteiger partial charge in [-0.25, -0.2) is 4.98 Å². The molecule has 0 unspecified atom stereocenters. The number of thiophene rings is 1. The first-order chi connectivity index (χ1) is 14.9. The predicted octanol–water partition coefficient (Wildman–Crippen LogP) is 4.25. The number of hydrogen-bond donors (Lipinski definition) is 0. The first-order valence-electron chi connectivity index (χ1n) is 10.2. The van der Waals surface area contributed by atoms with Gasteiger partial charge in [-0.1, -0.05) is 28.7 Å². The Labute approximate surface area is 188 Å². The van der Waals surface area contributed by atoms with Gasteiger partial charge in [-0.2, -0.15) is 0 Å². The summed E-state index contributed by atoms with van der Waals surface area (Å²) in [6.07, 6.45) is 0.785. The number of amides is 1. The average molecular weight is 461 g/mol. The van der Waals surface area contributed by atoms with Gasteiger partial charge in [0.15, 0.2) is 5.13 Å². The van der Waals surface area contributed by atoms with E-state index < -0.39 is 4.92 Å². The van der Waals surface area contributed by atoms with Gasteiger partial charge < -0.3 is 4.74 Å². The molecule has 8 nitrogen and oxygen atoms in total. The number of morpholine rings is 1. The monoisotopic (exact) mass is 460 g/mol. The number of hydrogen-bond acceptors (Lipinski definition) is 8. The number of ether oxygens (including phenoxy) is 1. The fraction of sp³-hybridized carbons (Fsp3) is 0.429. The second-order valence-corrected chi connectivity index (χ2v) is 9.63. The van der Waals surface area contributed by atoms with Gasteiger partial charge in [0, 0.05) is 32.2 Å². The molecule has 0 aliphatic carbocycles. The van der Waals surface area contributed by atoms with E-state index in [1.165, 1.54) is 23.5 Å². The number of anilines is 1. The molecule has 10 heteroatoms.